The summed E-state index contributed by atoms with van der Waals surface area (Å²) in [6, 6.07) is 4.72. The first kappa shape index (κ1) is 16.7. The van der Waals surface area contributed by atoms with Gasteiger partial charge in [0.15, 0.2) is 0 Å². The fourth-order valence-corrected chi connectivity index (χ4v) is 3.03. The second-order valence-corrected chi connectivity index (χ2v) is 6.46. The van der Waals surface area contributed by atoms with Gasteiger partial charge in [0.1, 0.15) is 5.01 Å². The second kappa shape index (κ2) is 6.64. The predicted octanol–water partition coefficient (Wildman–Crippen LogP) is 2.86. The number of nitrogens with zero attached hydrogens (tertiary/aromatic N) is 1. The van der Waals surface area contributed by atoms with E-state index in [1.165, 1.54) is 6.07 Å². The molecule has 1 amide bonds. The van der Waals surface area contributed by atoms with Crippen LogP contribution in [0.1, 0.15) is 33.2 Å². The van der Waals surface area contributed by atoms with E-state index in [2.05, 4.69) is 10.3 Å². The van der Waals surface area contributed by atoms with E-state index in [0.29, 0.717) is 26.4 Å². The van der Waals surface area contributed by atoms with Crippen molar-refractivity contribution in [3.8, 4) is 0 Å². The van der Waals surface area contributed by atoms with Crippen LogP contribution in [0.25, 0.3) is 0 Å². The van der Waals surface area contributed by atoms with E-state index in [4.69, 9.17) is 23.2 Å². The normalized spacial score (nSPS) is 12.0. The van der Waals surface area contributed by atoms with Gasteiger partial charge in [0.25, 0.3) is 0 Å². The Labute approximate surface area is 140 Å². The molecule has 0 fully saturated rings. The Hall–Kier alpha value is -1.63. The van der Waals surface area contributed by atoms with Gasteiger partial charge in [0.2, 0.25) is 5.91 Å². The van der Waals surface area contributed by atoms with Gasteiger partial charge >= 0.3 is 0 Å². The average molecular weight is 358 g/mol. The Morgan fingerprint density at radius 1 is 1.36 bits per heavy atom. The van der Waals surface area contributed by atoms with Crippen molar-refractivity contribution in [3.05, 3.63) is 43.8 Å². The van der Waals surface area contributed by atoms with Crippen molar-refractivity contribution >= 4 is 52.1 Å². The molecule has 0 aliphatic carbocycles. The molecule has 5 nitrogen and oxygen atoms in total. The molecule has 116 valence electrons. The van der Waals surface area contributed by atoms with Crippen LogP contribution in [0.2, 0.25) is 10.0 Å². The lowest BCUT2D eigenvalue weighted by Gasteiger charge is -2.11. The Morgan fingerprint density at radius 2 is 2.05 bits per heavy atom. The number of hydrogen-bond donors (Lipinski definition) is 1. The fraction of sp³-hybridized carbons (Fsp3) is 0.214. The molecule has 0 aliphatic heterocycles. The maximum atomic E-state index is 12.3. The monoisotopic (exact) mass is 357 g/mol. The minimum absolute atomic E-state index is 0.0236. The van der Waals surface area contributed by atoms with E-state index in [1.54, 1.807) is 26.0 Å². The van der Waals surface area contributed by atoms with Crippen LogP contribution in [0.3, 0.4) is 0 Å². The molecule has 0 saturated heterocycles. The molecule has 1 N–H and O–H groups in total. The summed E-state index contributed by atoms with van der Waals surface area (Å²) in [6.07, 6.45) is 0. The van der Waals surface area contributed by atoms with Crippen molar-refractivity contribution in [1.29, 1.82) is 0 Å². The summed E-state index contributed by atoms with van der Waals surface area (Å²) in [6.45, 7) is 3.19. The van der Waals surface area contributed by atoms with E-state index in [9.17, 15) is 14.7 Å². The number of thiazole rings is 1. The van der Waals surface area contributed by atoms with Crippen LogP contribution in [0.5, 0.6) is 0 Å². The van der Waals surface area contributed by atoms with E-state index in [0.717, 1.165) is 11.3 Å². The summed E-state index contributed by atoms with van der Waals surface area (Å²) in [5.41, 5.74) is 0.722. The number of aromatic carboxylic acids is 1. The maximum Gasteiger partial charge on any atom is 0.234 e. The highest BCUT2D eigenvalue weighted by Crippen LogP contribution is 2.29. The van der Waals surface area contributed by atoms with E-state index >= 15 is 0 Å². The molecule has 1 atom stereocenters. The third-order valence-electron chi connectivity index (χ3n) is 2.95. The summed E-state index contributed by atoms with van der Waals surface area (Å²) in [4.78, 5) is 27.3. The Balaban J connectivity index is 2.20. The number of aromatic nitrogens is 1. The highest BCUT2D eigenvalue weighted by molar-refractivity contribution is 7.13. The van der Waals surface area contributed by atoms with Crippen LogP contribution in [0, 0.1) is 6.92 Å². The van der Waals surface area contributed by atoms with Gasteiger partial charge in [-0.15, -0.1) is 11.3 Å². The van der Waals surface area contributed by atoms with E-state index in [-0.39, 0.29) is 10.8 Å². The number of amides is 1. The molecule has 0 aliphatic rings. The fourth-order valence-electron chi connectivity index (χ4n) is 1.74. The van der Waals surface area contributed by atoms with Gasteiger partial charge < -0.3 is 15.2 Å². The summed E-state index contributed by atoms with van der Waals surface area (Å²) in [5, 5.41) is 14.8. The van der Waals surface area contributed by atoms with Gasteiger partial charge in [0.05, 0.1) is 33.2 Å². The number of carboxylic acid groups (broad SMARTS) is 1. The summed E-state index contributed by atoms with van der Waals surface area (Å²) < 4.78 is 0. The quantitative estimate of drug-likeness (QED) is 0.911. The van der Waals surface area contributed by atoms with Crippen LogP contribution in [-0.2, 0) is 4.79 Å². The van der Waals surface area contributed by atoms with Gasteiger partial charge in [-0.1, -0.05) is 23.2 Å². The van der Waals surface area contributed by atoms with Gasteiger partial charge in [-0.05, 0) is 32.0 Å². The van der Waals surface area contributed by atoms with Gasteiger partial charge in [-0.2, -0.15) is 0 Å². The zero-order valence-corrected chi connectivity index (χ0v) is 14.0. The first-order valence-electron chi connectivity index (χ1n) is 6.24. The third-order valence-corrected chi connectivity index (χ3v) is 4.83. The number of rotatable bonds is 4. The topological polar surface area (TPSA) is 82.1 Å². The van der Waals surface area contributed by atoms with Crippen molar-refractivity contribution in [2.24, 2.45) is 0 Å². The Morgan fingerprint density at radius 3 is 2.64 bits per heavy atom. The molecule has 2 rings (SSSR count). The molecule has 0 radical (unpaired) electrons. The maximum absolute atomic E-state index is 12.3. The zero-order chi connectivity index (χ0) is 16.4. The van der Waals surface area contributed by atoms with Crippen molar-refractivity contribution in [1.82, 2.24) is 4.98 Å². The van der Waals surface area contributed by atoms with Crippen LogP contribution < -0.4 is 10.4 Å². The highest BCUT2D eigenvalue weighted by atomic mass is 35.5. The largest absolute Gasteiger partial charge is 0.544 e. The van der Waals surface area contributed by atoms with Crippen molar-refractivity contribution in [2.75, 3.05) is 5.32 Å². The number of halogens is 2. The van der Waals surface area contributed by atoms with E-state index in [1.807, 2.05) is 0 Å². The lowest BCUT2D eigenvalue weighted by molar-refractivity contribution is -0.254. The number of carboxylic acids is 1. The molecule has 0 saturated carbocycles. The molecule has 1 heterocycles. The molecule has 0 spiro atoms. The first-order chi connectivity index (χ1) is 10.3. The lowest BCUT2D eigenvalue weighted by Crippen LogP contribution is -2.21. The number of nitrogens with one attached hydrogen (secondary N) is 1. The lowest BCUT2D eigenvalue weighted by atomic mass is 10.1. The molecule has 8 heteroatoms. The summed E-state index contributed by atoms with van der Waals surface area (Å²) in [7, 11) is 0. The minimum Gasteiger partial charge on any atom is -0.544 e. The highest BCUT2D eigenvalue weighted by Gasteiger charge is 2.21. The average Bonchev–Trinajstić information content (AvgIpc) is 2.84. The molecular weight excluding hydrogens is 347 g/mol. The molecular formula is C14H11Cl2N2O3S-. The van der Waals surface area contributed by atoms with Crippen molar-refractivity contribution < 1.29 is 14.7 Å². The predicted molar refractivity (Wildman–Crippen MR) is 84.7 cm³/mol. The third kappa shape index (κ3) is 3.58. The van der Waals surface area contributed by atoms with Crippen LogP contribution in [-0.4, -0.2) is 16.9 Å². The Kier molecular flexibility index (Phi) is 5.05. The zero-order valence-electron chi connectivity index (χ0n) is 11.6. The minimum atomic E-state index is -1.30. The summed E-state index contributed by atoms with van der Waals surface area (Å²) in [5.74, 6) is -2.29. The SMILES string of the molecule is Cc1nc([C@@H](C)C(=O)Nc2cc(Cl)ccc2Cl)sc1C(=O)[O-]. The second-order valence-electron chi connectivity index (χ2n) is 4.59. The number of carbonyl (C=O) groups is 2. The number of carbonyl (C=O) groups excluding carboxylic acids is 2. The number of hydrogen-bond acceptors (Lipinski definition) is 5. The van der Waals surface area contributed by atoms with Crippen molar-refractivity contribution in [2.45, 2.75) is 19.8 Å². The van der Waals surface area contributed by atoms with Crippen LogP contribution in [0.15, 0.2) is 18.2 Å². The van der Waals surface area contributed by atoms with Gasteiger partial charge in [-0.25, -0.2) is 4.98 Å². The number of anilines is 1. The smallest absolute Gasteiger partial charge is 0.234 e. The van der Waals surface area contributed by atoms with Gasteiger partial charge in [0, 0.05) is 5.02 Å². The van der Waals surface area contributed by atoms with E-state index < -0.39 is 11.9 Å². The molecule has 1 aromatic heterocycles. The first-order valence-corrected chi connectivity index (χ1v) is 7.81. The Bertz CT molecular complexity index is 746. The van der Waals surface area contributed by atoms with Crippen LogP contribution in [0.4, 0.5) is 5.69 Å². The van der Waals surface area contributed by atoms with Crippen molar-refractivity contribution in [3.63, 3.8) is 0 Å². The van der Waals surface area contributed by atoms with Gasteiger partial charge in [-0.3, -0.25) is 4.79 Å². The molecule has 22 heavy (non-hydrogen) atoms. The number of aryl methyl sites for hydroxylation is 1. The summed E-state index contributed by atoms with van der Waals surface area (Å²) >= 11 is 12.8. The molecule has 1 aromatic carbocycles. The van der Waals surface area contributed by atoms with Crippen LogP contribution >= 0.6 is 34.5 Å². The number of benzene rings is 1. The molecule has 0 bridgehead atoms. The molecule has 2 aromatic rings. The molecule has 0 unspecified atom stereocenters. The standard InChI is InChI=1S/C14H12Cl2N2O3S/c1-6(13-17-7(2)11(22-13)14(20)21)12(19)18-10-5-8(15)3-4-9(10)16/h3-6H,1-2H3,(H,18,19)(H,20,21)/p-1/t6-/m0/s1.